The zero-order valence-electron chi connectivity index (χ0n) is 18.1. The van der Waals surface area contributed by atoms with Crippen molar-refractivity contribution >= 4 is 35.6 Å². The molecule has 0 fully saturated rings. The molecule has 7 nitrogen and oxygen atoms in total. The van der Waals surface area contributed by atoms with E-state index in [1.165, 1.54) is 5.56 Å². The van der Waals surface area contributed by atoms with Gasteiger partial charge in [0.25, 0.3) is 0 Å². The molecular weight excluding hydrogens is 491 g/mol. The number of aryl methyl sites for hydroxylation is 1. The van der Waals surface area contributed by atoms with E-state index >= 15 is 0 Å². The first kappa shape index (κ1) is 23.9. The van der Waals surface area contributed by atoms with Gasteiger partial charge in [0.15, 0.2) is 11.6 Å². The molecule has 0 saturated carbocycles. The zero-order valence-corrected chi connectivity index (χ0v) is 20.4. The molecule has 2 aromatic heterocycles. The normalized spacial score (nSPS) is 12.3. The number of fused-ring (bicyclic) bond motifs is 1. The fourth-order valence-corrected chi connectivity index (χ4v) is 2.97. The van der Waals surface area contributed by atoms with Crippen LogP contribution in [-0.2, 0) is 13.0 Å². The van der Waals surface area contributed by atoms with Crippen molar-refractivity contribution in [3.63, 3.8) is 0 Å². The smallest absolute Gasteiger partial charge is 0.191 e. The molecular formula is C22H31IN6O. The molecule has 3 rings (SSSR count). The summed E-state index contributed by atoms with van der Waals surface area (Å²) in [5.74, 6) is 2.59. The largest absolute Gasteiger partial charge is 0.490 e. The van der Waals surface area contributed by atoms with Crippen LogP contribution in [0.5, 0.6) is 5.75 Å². The van der Waals surface area contributed by atoms with Gasteiger partial charge in [0.05, 0.1) is 6.10 Å². The van der Waals surface area contributed by atoms with E-state index in [2.05, 4.69) is 64.8 Å². The summed E-state index contributed by atoms with van der Waals surface area (Å²) in [5.41, 5.74) is 3.16. The minimum atomic E-state index is 0. The van der Waals surface area contributed by atoms with E-state index in [-0.39, 0.29) is 30.1 Å². The topological polar surface area (TPSA) is 75.8 Å². The molecule has 0 spiro atoms. The number of benzene rings is 1. The number of ether oxygens (including phenoxy) is 1. The number of halogens is 1. The molecule has 30 heavy (non-hydrogen) atoms. The van der Waals surface area contributed by atoms with Crippen molar-refractivity contribution in [1.82, 2.24) is 25.2 Å². The van der Waals surface area contributed by atoms with Gasteiger partial charge in [-0.1, -0.05) is 25.1 Å². The Labute approximate surface area is 195 Å². The fourth-order valence-electron chi connectivity index (χ4n) is 2.97. The number of aliphatic imine (C=N–C) groups is 1. The first-order chi connectivity index (χ1) is 14.1. The molecule has 0 aliphatic carbocycles. The zero-order chi connectivity index (χ0) is 20.6. The quantitative estimate of drug-likeness (QED) is 0.268. The van der Waals surface area contributed by atoms with Gasteiger partial charge in [-0.3, -0.25) is 9.39 Å². The number of nitrogens with zero attached hydrogens (tertiary/aromatic N) is 4. The highest BCUT2D eigenvalue weighted by Crippen LogP contribution is 2.22. The third kappa shape index (κ3) is 6.32. The van der Waals surface area contributed by atoms with Crippen LogP contribution in [-0.4, -0.2) is 40.3 Å². The SMILES string of the molecule is CCC(C)Oc1cc(C)ccc1CNC(=NC)NCCc1nnc2ccccn12.I. The van der Waals surface area contributed by atoms with Crippen molar-refractivity contribution in [2.45, 2.75) is 46.3 Å². The van der Waals surface area contributed by atoms with Gasteiger partial charge in [-0.2, -0.15) is 0 Å². The van der Waals surface area contributed by atoms with Crippen molar-refractivity contribution in [2.24, 2.45) is 4.99 Å². The van der Waals surface area contributed by atoms with Gasteiger partial charge in [0.2, 0.25) is 0 Å². The van der Waals surface area contributed by atoms with E-state index in [9.17, 15) is 0 Å². The molecule has 0 saturated heterocycles. The van der Waals surface area contributed by atoms with Gasteiger partial charge in [-0.15, -0.1) is 34.2 Å². The second-order valence-electron chi connectivity index (χ2n) is 7.10. The molecule has 0 aliphatic heterocycles. The average Bonchev–Trinajstić information content (AvgIpc) is 3.14. The highest BCUT2D eigenvalue weighted by Gasteiger charge is 2.09. The monoisotopic (exact) mass is 522 g/mol. The molecule has 0 radical (unpaired) electrons. The number of hydrogen-bond donors (Lipinski definition) is 2. The lowest BCUT2D eigenvalue weighted by atomic mass is 10.1. The molecule has 1 unspecified atom stereocenters. The molecule has 0 aliphatic rings. The van der Waals surface area contributed by atoms with Gasteiger partial charge < -0.3 is 15.4 Å². The van der Waals surface area contributed by atoms with Crippen molar-refractivity contribution in [3.05, 3.63) is 59.5 Å². The second kappa shape index (κ2) is 11.7. The molecule has 0 amide bonds. The Hall–Kier alpha value is -2.36. The molecule has 162 valence electrons. The van der Waals surface area contributed by atoms with Crippen LogP contribution >= 0.6 is 24.0 Å². The summed E-state index contributed by atoms with van der Waals surface area (Å²) >= 11 is 0. The molecule has 3 aromatic rings. The van der Waals surface area contributed by atoms with Gasteiger partial charge >= 0.3 is 0 Å². The summed E-state index contributed by atoms with van der Waals surface area (Å²) in [6.45, 7) is 7.64. The number of rotatable bonds is 8. The molecule has 0 bridgehead atoms. The third-order valence-electron chi connectivity index (χ3n) is 4.82. The number of nitrogens with one attached hydrogen (secondary N) is 2. The Morgan fingerprint density at radius 2 is 2.03 bits per heavy atom. The van der Waals surface area contributed by atoms with Crippen LogP contribution in [0.1, 0.15) is 37.2 Å². The predicted octanol–water partition coefficient (Wildman–Crippen LogP) is 3.74. The first-order valence-corrected chi connectivity index (χ1v) is 10.1. The molecule has 1 atom stereocenters. The Bertz CT molecular complexity index is 971. The lowest BCUT2D eigenvalue weighted by Crippen LogP contribution is -2.38. The van der Waals surface area contributed by atoms with Crippen molar-refractivity contribution in [1.29, 1.82) is 0 Å². The molecule has 2 N–H and O–H groups in total. The van der Waals surface area contributed by atoms with Gasteiger partial charge in [-0.25, -0.2) is 0 Å². The van der Waals surface area contributed by atoms with Crippen LogP contribution in [0.4, 0.5) is 0 Å². The maximum atomic E-state index is 6.09. The van der Waals surface area contributed by atoms with Crippen molar-refractivity contribution in [3.8, 4) is 5.75 Å². The van der Waals surface area contributed by atoms with E-state index in [0.717, 1.165) is 41.6 Å². The van der Waals surface area contributed by atoms with Crippen LogP contribution in [0, 0.1) is 6.92 Å². The minimum absolute atomic E-state index is 0. The third-order valence-corrected chi connectivity index (χ3v) is 4.82. The van der Waals surface area contributed by atoms with Gasteiger partial charge in [0, 0.05) is 38.3 Å². The summed E-state index contributed by atoms with van der Waals surface area (Å²) < 4.78 is 8.10. The lowest BCUT2D eigenvalue weighted by molar-refractivity contribution is 0.215. The maximum absolute atomic E-state index is 6.09. The van der Waals surface area contributed by atoms with E-state index < -0.39 is 0 Å². The van der Waals surface area contributed by atoms with Crippen LogP contribution in [0.2, 0.25) is 0 Å². The Kier molecular flexibility index (Phi) is 9.35. The highest BCUT2D eigenvalue weighted by atomic mass is 127. The van der Waals surface area contributed by atoms with Crippen LogP contribution in [0.3, 0.4) is 0 Å². The lowest BCUT2D eigenvalue weighted by Gasteiger charge is -2.18. The summed E-state index contributed by atoms with van der Waals surface area (Å²) in [4.78, 5) is 4.32. The van der Waals surface area contributed by atoms with Crippen molar-refractivity contribution < 1.29 is 4.74 Å². The van der Waals surface area contributed by atoms with Crippen molar-refractivity contribution in [2.75, 3.05) is 13.6 Å². The number of pyridine rings is 1. The predicted molar refractivity (Wildman–Crippen MR) is 132 cm³/mol. The summed E-state index contributed by atoms with van der Waals surface area (Å²) in [6.07, 6.45) is 3.89. The maximum Gasteiger partial charge on any atom is 0.191 e. The van der Waals surface area contributed by atoms with Crippen LogP contribution in [0.15, 0.2) is 47.6 Å². The summed E-state index contributed by atoms with van der Waals surface area (Å²) in [5, 5.41) is 15.2. The van der Waals surface area contributed by atoms with Crippen LogP contribution < -0.4 is 15.4 Å². The Balaban J connectivity index is 0.00000320. The van der Waals surface area contributed by atoms with E-state index in [1.54, 1.807) is 7.05 Å². The number of aromatic nitrogens is 3. The highest BCUT2D eigenvalue weighted by molar-refractivity contribution is 14.0. The molecule has 1 aromatic carbocycles. The Morgan fingerprint density at radius 1 is 1.20 bits per heavy atom. The molecule has 8 heteroatoms. The summed E-state index contributed by atoms with van der Waals surface area (Å²) in [7, 11) is 1.77. The Morgan fingerprint density at radius 3 is 2.80 bits per heavy atom. The fraction of sp³-hybridized carbons (Fsp3) is 0.409. The first-order valence-electron chi connectivity index (χ1n) is 10.1. The standard InChI is InChI=1S/C22H30N6O.HI/c1-5-17(3)29-19-14-16(2)9-10-18(19)15-25-22(23-4)24-12-11-21-27-26-20-8-6-7-13-28(20)21;/h6-10,13-14,17H,5,11-12,15H2,1-4H3,(H2,23,24,25);1H. The number of hydrogen-bond acceptors (Lipinski definition) is 4. The minimum Gasteiger partial charge on any atom is -0.490 e. The van der Waals surface area contributed by atoms with E-state index in [1.807, 2.05) is 28.8 Å². The summed E-state index contributed by atoms with van der Waals surface area (Å²) in [6, 6.07) is 12.2. The van der Waals surface area contributed by atoms with Gasteiger partial charge in [0.1, 0.15) is 11.6 Å². The number of guanidine groups is 1. The second-order valence-corrected chi connectivity index (χ2v) is 7.10. The van der Waals surface area contributed by atoms with E-state index in [4.69, 9.17) is 4.74 Å². The van der Waals surface area contributed by atoms with Crippen LogP contribution in [0.25, 0.3) is 5.65 Å². The molecule has 2 heterocycles. The van der Waals surface area contributed by atoms with E-state index in [0.29, 0.717) is 13.1 Å². The average molecular weight is 522 g/mol. The van der Waals surface area contributed by atoms with Gasteiger partial charge in [-0.05, 0) is 44.0 Å².